The maximum atomic E-state index is 13.3. The molecule has 4 N–H and O–H groups in total. The summed E-state index contributed by atoms with van der Waals surface area (Å²) in [5.41, 5.74) is -0.257. The Bertz CT molecular complexity index is 1480. The summed E-state index contributed by atoms with van der Waals surface area (Å²) in [5.74, 6) is -2.47. The fourth-order valence-corrected chi connectivity index (χ4v) is 5.04. The molecular weight excluding hydrogens is 561 g/mol. The SMILES string of the molecule is O=C(Nc1[nH]c(=O)ncc1CC(NC(=O)N1CCCCC1C(=O)c1ccccc1)C(=O)O)c1c(Cl)cccc1Cl. The molecule has 1 aliphatic rings. The van der Waals surface area contributed by atoms with Crippen molar-refractivity contribution >= 4 is 52.7 Å². The zero-order chi connectivity index (χ0) is 28.8. The zero-order valence-corrected chi connectivity index (χ0v) is 22.5. The Morgan fingerprint density at radius 3 is 2.42 bits per heavy atom. The molecule has 2 heterocycles. The number of carbonyl (C=O) groups is 4. The molecule has 2 atom stereocenters. The highest BCUT2D eigenvalue weighted by molar-refractivity contribution is 6.40. The minimum atomic E-state index is -1.48. The Labute approximate surface area is 238 Å². The van der Waals surface area contributed by atoms with Gasteiger partial charge >= 0.3 is 17.7 Å². The number of nitrogens with zero attached hydrogens (tertiary/aromatic N) is 2. The number of nitrogens with one attached hydrogen (secondary N) is 3. The summed E-state index contributed by atoms with van der Waals surface area (Å²) in [6.07, 6.45) is 2.62. The first-order valence-corrected chi connectivity index (χ1v) is 13.1. The van der Waals surface area contributed by atoms with E-state index < -0.39 is 35.7 Å². The second kappa shape index (κ2) is 12.8. The molecule has 2 unspecified atom stereocenters. The number of carbonyl (C=O) groups excluding carboxylic acids is 3. The van der Waals surface area contributed by atoms with Crippen LogP contribution in [0.4, 0.5) is 10.6 Å². The van der Waals surface area contributed by atoms with E-state index in [0.717, 1.165) is 12.6 Å². The molecule has 0 bridgehead atoms. The number of aromatic amines is 1. The number of piperidine rings is 1. The van der Waals surface area contributed by atoms with Crippen molar-refractivity contribution in [3.05, 3.63) is 91.9 Å². The first kappa shape index (κ1) is 28.8. The van der Waals surface area contributed by atoms with Gasteiger partial charge in [-0.3, -0.25) is 14.6 Å². The lowest BCUT2D eigenvalue weighted by molar-refractivity contribution is -0.139. The van der Waals surface area contributed by atoms with Crippen LogP contribution in [0.3, 0.4) is 0 Å². The number of carboxylic acids is 1. The van der Waals surface area contributed by atoms with Crippen LogP contribution < -0.4 is 16.3 Å². The summed E-state index contributed by atoms with van der Waals surface area (Å²) in [5, 5.41) is 15.0. The van der Waals surface area contributed by atoms with Gasteiger partial charge in [0.1, 0.15) is 11.9 Å². The van der Waals surface area contributed by atoms with Crippen LogP contribution in [0.25, 0.3) is 0 Å². The standard InChI is InChI=1S/C27H25Cl2N5O6/c28-17-9-6-10-18(29)21(17)24(36)32-23-16(14-30-26(39)33-23)13-19(25(37)38)31-27(40)34-12-5-4-11-20(34)22(35)15-7-2-1-3-8-15/h1-3,6-10,14,19-20H,4-5,11-13H2,(H,31,40)(H,37,38)(H2,30,32,33,36,39). The number of urea groups is 1. The summed E-state index contributed by atoms with van der Waals surface area (Å²) in [7, 11) is 0. The van der Waals surface area contributed by atoms with Gasteiger partial charge in [-0.1, -0.05) is 59.6 Å². The Kier molecular flexibility index (Phi) is 9.18. The number of carboxylic acid groups (broad SMARTS) is 1. The van der Waals surface area contributed by atoms with Crippen LogP contribution in [0.1, 0.15) is 45.5 Å². The number of halogens is 2. The van der Waals surface area contributed by atoms with Gasteiger partial charge in [-0.2, -0.15) is 0 Å². The lowest BCUT2D eigenvalue weighted by Gasteiger charge is -2.35. The number of ketones is 1. The Balaban J connectivity index is 1.54. The zero-order valence-electron chi connectivity index (χ0n) is 21.0. The number of H-pyrrole nitrogens is 1. The van der Waals surface area contributed by atoms with E-state index in [-0.39, 0.29) is 45.7 Å². The second-order valence-electron chi connectivity index (χ2n) is 9.12. The predicted octanol–water partition coefficient (Wildman–Crippen LogP) is 3.77. The second-order valence-corrected chi connectivity index (χ2v) is 9.93. The number of rotatable bonds is 8. The van der Waals surface area contributed by atoms with E-state index in [1.54, 1.807) is 36.4 Å². The third kappa shape index (κ3) is 6.67. The van der Waals surface area contributed by atoms with E-state index in [1.807, 2.05) is 0 Å². The maximum absolute atomic E-state index is 13.3. The number of anilines is 1. The van der Waals surface area contributed by atoms with Crippen molar-refractivity contribution in [2.24, 2.45) is 0 Å². The molecule has 3 amide bonds. The van der Waals surface area contributed by atoms with E-state index in [9.17, 15) is 29.1 Å². The minimum absolute atomic E-state index is 0.0447. The van der Waals surface area contributed by atoms with Crippen molar-refractivity contribution < 1.29 is 24.3 Å². The quantitative estimate of drug-likeness (QED) is 0.292. The van der Waals surface area contributed by atoms with Crippen LogP contribution in [0.5, 0.6) is 0 Å². The van der Waals surface area contributed by atoms with Crippen LogP contribution >= 0.6 is 23.2 Å². The lowest BCUT2D eigenvalue weighted by atomic mass is 9.94. The smallest absolute Gasteiger partial charge is 0.346 e. The third-order valence-electron chi connectivity index (χ3n) is 6.46. The van der Waals surface area contributed by atoms with Gasteiger partial charge in [0.2, 0.25) is 0 Å². The molecule has 11 nitrogen and oxygen atoms in total. The first-order valence-electron chi connectivity index (χ1n) is 12.4. The van der Waals surface area contributed by atoms with Crippen molar-refractivity contribution in [3.8, 4) is 0 Å². The molecule has 1 fully saturated rings. The highest BCUT2D eigenvalue weighted by Gasteiger charge is 2.34. The molecule has 40 heavy (non-hydrogen) atoms. The fraction of sp³-hybridized carbons (Fsp3) is 0.259. The van der Waals surface area contributed by atoms with Gasteiger partial charge in [0.05, 0.1) is 21.7 Å². The van der Waals surface area contributed by atoms with Crippen molar-refractivity contribution in [1.29, 1.82) is 0 Å². The normalized spacial score (nSPS) is 15.7. The highest BCUT2D eigenvalue weighted by atomic mass is 35.5. The molecule has 1 aliphatic heterocycles. The Morgan fingerprint density at radius 2 is 1.75 bits per heavy atom. The van der Waals surface area contributed by atoms with Gasteiger partial charge in [0, 0.05) is 30.3 Å². The number of aliphatic carboxylic acids is 1. The van der Waals surface area contributed by atoms with Gasteiger partial charge in [0.25, 0.3) is 5.91 Å². The van der Waals surface area contributed by atoms with Crippen LogP contribution in [0.2, 0.25) is 10.0 Å². The van der Waals surface area contributed by atoms with Crippen molar-refractivity contribution in [2.75, 3.05) is 11.9 Å². The molecule has 3 aromatic rings. The molecule has 208 valence electrons. The maximum Gasteiger partial charge on any atom is 0.346 e. The summed E-state index contributed by atoms with van der Waals surface area (Å²) in [6.45, 7) is 0.279. The molecule has 0 aliphatic carbocycles. The van der Waals surface area contributed by atoms with Crippen molar-refractivity contribution in [1.82, 2.24) is 20.2 Å². The van der Waals surface area contributed by atoms with Crippen molar-refractivity contribution in [2.45, 2.75) is 37.8 Å². The predicted molar refractivity (Wildman–Crippen MR) is 148 cm³/mol. The molecule has 13 heteroatoms. The van der Waals surface area contributed by atoms with E-state index in [1.165, 1.54) is 17.0 Å². The van der Waals surface area contributed by atoms with E-state index in [0.29, 0.717) is 18.4 Å². The summed E-state index contributed by atoms with van der Waals surface area (Å²) < 4.78 is 0. The average Bonchev–Trinajstić information content (AvgIpc) is 2.93. The topological polar surface area (TPSA) is 162 Å². The minimum Gasteiger partial charge on any atom is -0.480 e. The largest absolute Gasteiger partial charge is 0.480 e. The summed E-state index contributed by atoms with van der Waals surface area (Å²) in [4.78, 5) is 70.7. The number of hydrogen-bond acceptors (Lipinski definition) is 6. The Hall–Kier alpha value is -4.22. The van der Waals surface area contributed by atoms with E-state index >= 15 is 0 Å². The average molecular weight is 586 g/mol. The van der Waals surface area contributed by atoms with Crippen LogP contribution in [-0.4, -0.2) is 62.3 Å². The number of likely N-dealkylation sites (tertiary alicyclic amines) is 1. The van der Waals surface area contributed by atoms with Crippen LogP contribution in [0.15, 0.2) is 59.5 Å². The number of aromatic nitrogens is 2. The number of hydrogen-bond donors (Lipinski definition) is 4. The molecule has 0 saturated carbocycles. The van der Waals surface area contributed by atoms with Gasteiger partial charge in [-0.15, -0.1) is 0 Å². The van der Waals surface area contributed by atoms with E-state index in [4.69, 9.17) is 23.2 Å². The van der Waals surface area contributed by atoms with Gasteiger partial charge in [0.15, 0.2) is 5.78 Å². The van der Waals surface area contributed by atoms with Gasteiger partial charge in [-0.25, -0.2) is 19.4 Å². The summed E-state index contributed by atoms with van der Waals surface area (Å²) in [6, 6.07) is 10.1. The molecular formula is C27H25Cl2N5O6. The fourth-order valence-electron chi connectivity index (χ4n) is 4.47. The number of benzene rings is 2. The molecule has 0 radical (unpaired) electrons. The van der Waals surface area contributed by atoms with Crippen LogP contribution in [-0.2, 0) is 11.2 Å². The number of Topliss-reactive ketones (excluding diaryl/α,β-unsaturated/α-hetero) is 1. The first-order chi connectivity index (χ1) is 19.2. The van der Waals surface area contributed by atoms with Gasteiger partial charge < -0.3 is 20.6 Å². The summed E-state index contributed by atoms with van der Waals surface area (Å²) >= 11 is 12.2. The molecule has 0 spiro atoms. The lowest BCUT2D eigenvalue weighted by Crippen LogP contribution is -2.55. The van der Waals surface area contributed by atoms with Crippen molar-refractivity contribution in [3.63, 3.8) is 0 Å². The van der Waals surface area contributed by atoms with Crippen LogP contribution in [0, 0.1) is 0 Å². The molecule has 1 saturated heterocycles. The van der Waals surface area contributed by atoms with E-state index in [2.05, 4.69) is 20.6 Å². The monoisotopic (exact) mass is 585 g/mol. The molecule has 4 rings (SSSR count). The molecule has 1 aromatic heterocycles. The molecule has 2 aromatic carbocycles. The third-order valence-corrected chi connectivity index (χ3v) is 7.09. The Morgan fingerprint density at radius 1 is 1.05 bits per heavy atom. The number of amides is 3. The highest BCUT2D eigenvalue weighted by Crippen LogP contribution is 2.26. The van der Waals surface area contributed by atoms with Gasteiger partial charge in [-0.05, 0) is 31.4 Å².